The lowest BCUT2D eigenvalue weighted by molar-refractivity contribution is -0.141. The van der Waals surface area contributed by atoms with Gasteiger partial charge in [0.2, 0.25) is 17.6 Å². The van der Waals surface area contributed by atoms with E-state index < -0.39 is 46.7 Å². The average molecular weight is 575 g/mol. The normalized spacial score (nSPS) is 15.1. The molecule has 2 aromatic rings. The number of ketones is 3. The smallest absolute Gasteiger partial charge is 0.261 e. The van der Waals surface area contributed by atoms with Gasteiger partial charge in [-0.05, 0) is 41.9 Å². The molecule has 3 atom stereocenters. The molecule has 1 heterocycles. The molecule has 3 amide bonds. The van der Waals surface area contributed by atoms with E-state index in [4.69, 9.17) is 0 Å². The molecule has 3 rings (SSSR count). The van der Waals surface area contributed by atoms with Gasteiger partial charge >= 0.3 is 0 Å². The molecule has 1 aliphatic heterocycles. The highest BCUT2D eigenvalue weighted by Gasteiger charge is 2.39. The van der Waals surface area contributed by atoms with Crippen LogP contribution in [0.5, 0.6) is 0 Å². The highest BCUT2D eigenvalue weighted by atomic mass is 16.2. The molecule has 0 saturated carbocycles. The summed E-state index contributed by atoms with van der Waals surface area (Å²) in [6.45, 7) is 10.8. The number of aryl methyl sites for hydroxylation is 1. The number of benzene rings is 2. The van der Waals surface area contributed by atoms with E-state index in [0.717, 1.165) is 11.1 Å². The molecule has 0 radical (unpaired) electrons. The van der Waals surface area contributed by atoms with E-state index in [2.05, 4.69) is 5.32 Å². The first-order valence-corrected chi connectivity index (χ1v) is 14.6. The molecule has 0 spiro atoms. The molecule has 8 heteroatoms. The van der Waals surface area contributed by atoms with Crippen LogP contribution in [0.2, 0.25) is 0 Å². The Morgan fingerprint density at radius 3 is 2.10 bits per heavy atom. The van der Waals surface area contributed by atoms with Crippen molar-refractivity contribution in [3.8, 4) is 0 Å². The molecule has 1 aliphatic rings. The van der Waals surface area contributed by atoms with Gasteiger partial charge in [0, 0.05) is 30.7 Å². The minimum Gasteiger partial charge on any atom is -0.346 e. The first-order chi connectivity index (χ1) is 19.7. The summed E-state index contributed by atoms with van der Waals surface area (Å²) in [5, 5.41) is 2.73. The predicted molar refractivity (Wildman–Crippen MR) is 159 cm³/mol. The van der Waals surface area contributed by atoms with Crippen LogP contribution in [0.25, 0.3) is 0 Å². The lowest BCUT2D eigenvalue weighted by Crippen LogP contribution is -2.47. The zero-order valence-corrected chi connectivity index (χ0v) is 25.4. The van der Waals surface area contributed by atoms with Crippen molar-refractivity contribution in [3.05, 3.63) is 71.3 Å². The van der Waals surface area contributed by atoms with E-state index in [9.17, 15) is 28.8 Å². The van der Waals surface area contributed by atoms with Crippen LogP contribution in [-0.2, 0) is 36.9 Å². The number of rotatable bonds is 13. The number of carbonyl (C=O) groups is 6. The van der Waals surface area contributed by atoms with Gasteiger partial charge in [-0.3, -0.25) is 33.7 Å². The zero-order chi connectivity index (χ0) is 31.2. The van der Waals surface area contributed by atoms with Crippen LogP contribution in [0, 0.1) is 23.2 Å². The minimum atomic E-state index is -0.927. The summed E-state index contributed by atoms with van der Waals surface area (Å²) in [5.74, 6) is -4.59. The monoisotopic (exact) mass is 574 g/mol. The Morgan fingerprint density at radius 2 is 1.50 bits per heavy atom. The molecule has 2 aromatic carbocycles. The van der Waals surface area contributed by atoms with Gasteiger partial charge in [-0.15, -0.1) is 0 Å². The molecular weight excluding hydrogens is 532 g/mol. The summed E-state index contributed by atoms with van der Waals surface area (Å²) in [4.78, 5) is 79.5. The Balaban J connectivity index is 1.61. The maximum atomic E-state index is 13.4. The van der Waals surface area contributed by atoms with E-state index >= 15 is 0 Å². The van der Waals surface area contributed by atoms with Crippen molar-refractivity contribution in [1.82, 2.24) is 10.2 Å². The van der Waals surface area contributed by atoms with Crippen LogP contribution in [0.15, 0.2) is 54.6 Å². The SMILES string of the molecule is CC(C)[C@H](CC(=O)[C@H](C)NC(=O)[C@@H](CC(=O)N1Cc2ccccc2C1=O)C(C)(C)C)C(=O)C(=O)CCc1ccccc1. The van der Waals surface area contributed by atoms with E-state index in [0.29, 0.717) is 12.0 Å². The minimum absolute atomic E-state index is 0.0679. The van der Waals surface area contributed by atoms with Crippen LogP contribution >= 0.6 is 0 Å². The first-order valence-electron chi connectivity index (χ1n) is 14.6. The second-order valence-corrected chi connectivity index (χ2v) is 12.6. The number of imide groups is 1. The Hall–Kier alpha value is -3.94. The Kier molecular flexibility index (Phi) is 10.7. The molecule has 0 fully saturated rings. The summed E-state index contributed by atoms with van der Waals surface area (Å²) < 4.78 is 0. The average Bonchev–Trinajstić information content (AvgIpc) is 3.28. The maximum Gasteiger partial charge on any atom is 0.261 e. The number of carbonyl (C=O) groups excluding carboxylic acids is 6. The second kappa shape index (κ2) is 13.8. The first kappa shape index (κ1) is 32.6. The third-order valence-electron chi connectivity index (χ3n) is 8.03. The quantitative estimate of drug-likeness (QED) is 0.346. The van der Waals surface area contributed by atoms with Crippen molar-refractivity contribution in [3.63, 3.8) is 0 Å². The van der Waals surface area contributed by atoms with Gasteiger partial charge in [0.1, 0.15) is 0 Å². The largest absolute Gasteiger partial charge is 0.346 e. The van der Waals surface area contributed by atoms with Crippen LogP contribution in [-0.4, -0.2) is 46.0 Å². The van der Waals surface area contributed by atoms with Crippen molar-refractivity contribution in [2.45, 2.75) is 79.8 Å². The van der Waals surface area contributed by atoms with E-state index in [1.807, 2.05) is 57.2 Å². The van der Waals surface area contributed by atoms with Gasteiger partial charge in [0.25, 0.3) is 5.91 Å². The van der Waals surface area contributed by atoms with Gasteiger partial charge in [0.05, 0.1) is 18.5 Å². The summed E-state index contributed by atoms with van der Waals surface area (Å²) in [6, 6.07) is 15.5. The van der Waals surface area contributed by atoms with Gasteiger partial charge in [-0.2, -0.15) is 0 Å². The molecule has 8 nitrogen and oxygen atoms in total. The fraction of sp³-hybridized carbons (Fsp3) is 0.471. The van der Waals surface area contributed by atoms with Crippen LogP contribution in [0.3, 0.4) is 0 Å². The number of nitrogens with zero attached hydrogens (tertiary/aromatic N) is 1. The standard InChI is InChI=1S/C34H42N2O6/c1-21(2)26(31(40)28(37)17-16-23-12-8-7-9-13-23)18-29(38)22(3)35-32(41)27(34(4,5)6)19-30(39)36-20-24-14-10-11-15-25(24)33(36)42/h7-15,21-22,26-27H,16-20H2,1-6H3,(H,35,41)/t22-,26-,27+/m0/s1. The van der Waals surface area contributed by atoms with Gasteiger partial charge in [-0.1, -0.05) is 83.1 Å². The van der Waals surface area contributed by atoms with Gasteiger partial charge < -0.3 is 5.32 Å². The number of hydrogen-bond acceptors (Lipinski definition) is 6. The molecule has 0 saturated heterocycles. The van der Waals surface area contributed by atoms with Crippen LogP contribution in [0.4, 0.5) is 0 Å². The predicted octanol–water partition coefficient (Wildman–Crippen LogP) is 4.73. The number of hydrogen-bond donors (Lipinski definition) is 1. The van der Waals surface area contributed by atoms with E-state index in [-0.39, 0.29) is 43.4 Å². The van der Waals surface area contributed by atoms with Crippen molar-refractivity contribution >= 4 is 35.1 Å². The topological polar surface area (TPSA) is 118 Å². The molecule has 0 aromatic heterocycles. The van der Waals surface area contributed by atoms with Crippen molar-refractivity contribution < 1.29 is 28.8 Å². The third kappa shape index (κ3) is 8.08. The maximum absolute atomic E-state index is 13.4. The number of fused-ring (bicyclic) bond motifs is 1. The lowest BCUT2D eigenvalue weighted by Gasteiger charge is -2.31. The van der Waals surface area contributed by atoms with Crippen LogP contribution in [0.1, 0.15) is 82.3 Å². The summed E-state index contributed by atoms with van der Waals surface area (Å²) in [7, 11) is 0. The van der Waals surface area contributed by atoms with Gasteiger partial charge in [0.15, 0.2) is 11.6 Å². The molecule has 1 N–H and O–H groups in total. The molecule has 0 aliphatic carbocycles. The van der Waals surface area contributed by atoms with Crippen molar-refractivity contribution in [2.75, 3.05) is 0 Å². The third-order valence-corrected chi connectivity index (χ3v) is 8.03. The molecule has 224 valence electrons. The molecule has 42 heavy (non-hydrogen) atoms. The highest BCUT2D eigenvalue weighted by Crippen LogP contribution is 2.32. The summed E-state index contributed by atoms with van der Waals surface area (Å²) in [5.41, 5.74) is 1.56. The summed E-state index contributed by atoms with van der Waals surface area (Å²) >= 11 is 0. The number of Topliss-reactive ketones (excluding diaryl/α,β-unsaturated/α-hetero) is 3. The Morgan fingerprint density at radius 1 is 0.881 bits per heavy atom. The molecule has 0 bridgehead atoms. The van der Waals surface area contributed by atoms with Crippen molar-refractivity contribution in [1.29, 1.82) is 0 Å². The Bertz CT molecular complexity index is 1340. The fourth-order valence-electron chi connectivity index (χ4n) is 5.18. The van der Waals surface area contributed by atoms with E-state index in [1.54, 1.807) is 39.0 Å². The number of nitrogens with one attached hydrogen (secondary N) is 1. The molecular formula is C34H42N2O6. The number of amides is 3. The van der Waals surface area contributed by atoms with E-state index in [1.165, 1.54) is 4.90 Å². The summed E-state index contributed by atoms with van der Waals surface area (Å²) in [6.07, 6.45) is 0.144. The Labute approximate surface area is 248 Å². The second-order valence-electron chi connectivity index (χ2n) is 12.6. The molecule has 0 unspecified atom stereocenters. The van der Waals surface area contributed by atoms with Gasteiger partial charge in [-0.25, -0.2) is 0 Å². The fourth-order valence-corrected chi connectivity index (χ4v) is 5.18. The van der Waals surface area contributed by atoms with Crippen molar-refractivity contribution in [2.24, 2.45) is 23.2 Å². The van der Waals surface area contributed by atoms with Crippen LogP contribution < -0.4 is 5.32 Å². The lowest BCUT2D eigenvalue weighted by atomic mass is 9.77. The highest BCUT2D eigenvalue weighted by molar-refractivity contribution is 6.38. The zero-order valence-electron chi connectivity index (χ0n) is 25.4.